The predicted octanol–water partition coefficient (Wildman–Crippen LogP) is 4.52. The third kappa shape index (κ3) is 4.17. The zero-order valence-electron chi connectivity index (χ0n) is 14.2. The molecule has 0 aliphatic rings. The van der Waals surface area contributed by atoms with E-state index in [2.05, 4.69) is 5.32 Å². The number of carbonyl (C=O) groups excluding carboxylic acids is 2. The van der Waals surface area contributed by atoms with Crippen LogP contribution in [0, 0.1) is 5.82 Å². The van der Waals surface area contributed by atoms with Crippen LogP contribution >= 0.6 is 11.6 Å². The molecule has 3 aromatic carbocycles. The van der Waals surface area contributed by atoms with E-state index in [9.17, 15) is 19.1 Å². The molecule has 0 aromatic heterocycles. The number of phenolic OH excluding ortho intramolecular Hbond substituents is 1. The van der Waals surface area contributed by atoms with Gasteiger partial charge in [0, 0.05) is 0 Å². The number of esters is 1. The maximum absolute atomic E-state index is 13.1. The summed E-state index contributed by atoms with van der Waals surface area (Å²) in [7, 11) is 0. The quantitative estimate of drug-likeness (QED) is 0.645. The second kappa shape index (κ2) is 7.63. The molecule has 5 nitrogen and oxygen atoms in total. The summed E-state index contributed by atoms with van der Waals surface area (Å²) >= 11 is 5.86. The van der Waals surface area contributed by atoms with Crippen LogP contribution in [-0.2, 0) is 9.53 Å². The minimum absolute atomic E-state index is 0.0223. The Morgan fingerprint density at radius 1 is 1.11 bits per heavy atom. The number of hydrogen-bond acceptors (Lipinski definition) is 4. The van der Waals surface area contributed by atoms with Gasteiger partial charge in [-0.15, -0.1) is 0 Å². The topological polar surface area (TPSA) is 75.6 Å². The lowest BCUT2D eigenvalue weighted by atomic mass is 10.1. The first-order chi connectivity index (χ1) is 12.8. The monoisotopic (exact) mass is 387 g/mol. The molecule has 2 N–H and O–H groups in total. The SMILES string of the molecule is C[C@@H](OC(=O)c1cc2ccccc2cc1O)C(=O)Nc1ccc(F)cc1Cl. The number of aromatic hydroxyl groups is 1. The van der Waals surface area contributed by atoms with E-state index in [0.29, 0.717) is 0 Å². The highest BCUT2D eigenvalue weighted by Crippen LogP contribution is 2.26. The summed E-state index contributed by atoms with van der Waals surface area (Å²) in [4.78, 5) is 24.6. The number of fused-ring (bicyclic) bond motifs is 1. The van der Waals surface area contributed by atoms with Crippen LogP contribution < -0.4 is 5.32 Å². The van der Waals surface area contributed by atoms with Crippen LogP contribution in [0.15, 0.2) is 54.6 Å². The van der Waals surface area contributed by atoms with Gasteiger partial charge in [-0.3, -0.25) is 4.79 Å². The average molecular weight is 388 g/mol. The molecule has 27 heavy (non-hydrogen) atoms. The van der Waals surface area contributed by atoms with E-state index in [4.69, 9.17) is 16.3 Å². The second-order valence-corrected chi connectivity index (χ2v) is 6.28. The summed E-state index contributed by atoms with van der Waals surface area (Å²) in [6, 6.07) is 13.7. The highest BCUT2D eigenvalue weighted by molar-refractivity contribution is 6.33. The van der Waals surface area contributed by atoms with E-state index in [-0.39, 0.29) is 22.0 Å². The predicted molar refractivity (Wildman–Crippen MR) is 101 cm³/mol. The number of phenols is 1. The van der Waals surface area contributed by atoms with Crippen LogP contribution in [0.25, 0.3) is 10.8 Å². The largest absolute Gasteiger partial charge is 0.507 e. The first-order valence-corrected chi connectivity index (χ1v) is 8.41. The number of carbonyl (C=O) groups is 2. The summed E-state index contributed by atoms with van der Waals surface area (Å²) in [5.74, 6) is -2.26. The lowest BCUT2D eigenvalue weighted by Gasteiger charge is -2.15. The molecule has 0 bridgehead atoms. The number of nitrogens with one attached hydrogen (secondary N) is 1. The number of ether oxygens (including phenoxy) is 1. The molecule has 0 saturated heterocycles. The van der Waals surface area contributed by atoms with Crippen molar-refractivity contribution in [2.45, 2.75) is 13.0 Å². The third-order valence-electron chi connectivity index (χ3n) is 3.93. The fourth-order valence-electron chi connectivity index (χ4n) is 2.49. The van der Waals surface area contributed by atoms with Gasteiger partial charge >= 0.3 is 5.97 Å². The minimum atomic E-state index is -1.16. The van der Waals surface area contributed by atoms with Gasteiger partial charge in [0.05, 0.1) is 10.7 Å². The van der Waals surface area contributed by atoms with E-state index in [1.54, 1.807) is 18.2 Å². The smallest absolute Gasteiger partial charge is 0.342 e. The van der Waals surface area contributed by atoms with E-state index in [1.807, 2.05) is 6.07 Å². The number of halogens is 2. The molecule has 0 unspecified atom stereocenters. The average Bonchev–Trinajstić information content (AvgIpc) is 2.63. The molecule has 0 fully saturated rings. The van der Waals surface area contributed by atoms with E-state index in [1.165, 1.54) is 25.1 Å². The van der Waals surface area contributed by atoms with Crippen LogP contribution in [0.2, 0.25) is 5.02 Å². The van der Waals surface area contributed by atoms with Gasteiger partial charge in [0.15, 0.2) is 6.10 Å². The summed E-state index contributed by atoms with van der Waals surface area (Å²) in [5, 5.41) is 14.1. The van der Waals surface area contributed by atoms with Crippen molar-refractivity contribution in [1.29, 1.82) is 0 Å². The molecule has 0 radical (unpaired) electrons. The first-order valence-electron chi connectivity index (χ1n) is 8.04. The van der Waals surface area contributed by atoms with Gasteiger partial charge in [-0.1, -0.05) is 35.9 Å². The number of benzene rings is 3. The maximum Gasteiger partial charge on any atom is 0.342 e. The Hall–Kier alpha value is -3.12. The Kier molecular flexibility index (Phi) is 5.28. The fourth-order valence-corrected chi connectivity index (χ4v) is 2.71. The van der Waals surface area contributed by atoms with Crippen LogP contribution in [0.5, 0.6) is 5.75 Å². The molecule has 1 amide bonds. The lowest BCUT2D eigenvalue weighted by molar-refractivity contribution is -0.123. The van der Waals surface area contributed by atoms with E-state index < -0.39 is 23.8 Å². The zero-order chi connectivity index (χ0) is 19.6. The van der Waals surface area contributed by atoms with Gasteiger partial charge in [-0.05, 0) is 48.0 Å². The lowest BCUT2D eigenvalue weighted by Crippen LogP contribution is -2.30. The van der Waals surface area contributed by atoms with Gasteiger partial charge in [-0.2, -0.15) is 0 Å². The standard InChI is InChI=1S/C20H15ClFNO4/c1-11(19(25)23-17-7-6-14(22)10-16(17)21)27-20(26)15-8-12-4-2-3-5-13(12)9-18(15)24/h2-11,24H,1H3,(H,23,25)/t11-/m1/s1. The molecule has 0 saturated carbocycles. The highest BCUT2D eigenvalue weighted by Gasteiger charge is 2.22. The van der Waals surface area contributed by atoms with Gasteiger partial charge in [0.1, 0.15) is 17.1 Å². The molecule has 0 spiro atoms. The summed E-state index contributed by atoms with van der Waals surface area (Å²) in [6.07, 6.45) is -1.16. The van der Waals surface area contributed by atoms with Gasteiger partial charge in [-0.25, -0.2) is 9.18 Å². The number of amides is 1. The van der Waals surface area contributed by atoms with Crippen molar-refractivity contribution in [2.75, 3.05) is 5.32 Å². The highest BCUT2D eigenvalue weighted by atomic mass is 35.5. The van der Waals surface area contributed by atoms with Crippen molar-refractivity contribution < 1.29 is 23.8 Å². The summed E-state index contributed by atoms with van der Waals surface area (Å²) in [5.41, 5.74) is 0.146. The molecule has 3 aromatic rings. The fraction of sp³-hybridized carbons (Fsp3) is 0.100. The summed E-state index contributed by atoms with van der Waals surface area (Å²) in [6.45, 7) is 1.38. The molecular formula is C20H15ClFNO4. The Balaban J connectivity index is 1.73. The van der Waals surface area contributed by atoms with Crippen LogP contribution in [0.3, 0.4) is 0 Å². The molecule has 0 aliphatic carbocycles. The molecule has 0 heterocycles. The first kappa shape index (κ1) is 18.7. The third-order valence-corrected chi connectivity index (χ3v) is 4.24. The van der Waals surface area contributed by atoms with Crippen molar-refractivity contribution in [2.24, 2.45) is 0 Å². The van der Waals surface area contributed by atoms with Crippen molar-refractivity contribution in [3.05, 3.63) is 71.0 Å². The van der Waals surface area contributed by atoms with Crippen LogP contribution in [0.1, 0.15) is 17.3 Å². The molecule has 1 atom stereocenters. The molecule has 138 valence electrons. The Morgan fingerprint density at radius 2 is 1.78 bits per heavy atom. The Bertz CT molecular complexity index is 1040. The summed E-state index contributed by atoms with van der Waals surface area (Å²) < 4.78 is 18.2. The normalized spacial score (nSPS) is 11.8. The van der Waals surface area contributed by atoms with Crippen LogP contribution in [0.4, 0.5) is 10.1 Å². The zero-order valence-corrected chi connectivity index (χ0v) is 15.0. The van der Waals surface area contributed by atoms with Gasteiger partial charge in [0.25, 0.3) is 5.91 Å². The Labute approximate surface area is 159 Å². The molecule has 7 heteroatoms. The Morgan fingerprint density at radius 3 is 2.44 bits per heavy atom. The van der Waals surface area contributed by atoms with E-state index in [0.717, 1.165) is 22.9 Å². The van der Waals surface area contributed by atoms with Gasteiger partial charge < -0.3 is 15.2 Å². The maximum atomic E-state index is 13.1. The number of hydrogen-bond donors (Lipinski definition) is 2. The molecular weight excluding hydrogens is 373 g/mol. The van der Waals surface area contributed by atoms with Gasteiger partial charge in [0.2, 0.25) is 0 Å². The van der Waals surface area contributed by atoms with E-state index >= 15 is 0 Å². The molecule has 0 aliphatic heterocycles. The van der Waals surface area contributed by atoms with Crippen molar-refractivity contribution in [1.82, 2.24) is 0 Å². The second-order valence-electron chi connectivity index (χ2n) is 5.88. The van der Waals surface area contributed by atoms with Crippen molar-refractivity contribution in [3.8, 4) is 5.75 Å². The number of anilines is 1. The molecule has 3 rings (SSSR count). The minimum Gasteiger partial charge on any atom is -0.507 e. The van der Waals surface area contributed by atoms with Crippen LogP contribution in [-0.4, -0.2) is 23.1 Å². The number of rotatable bonds is 4. The van der Waals surface area contributed by atoms with Crippen molar-refractivity contribution in [3.63, 3.8) is 0 Å². The van der Waals surface area contributed by atoms with Crippen molar-refractivity contribution >= 4 is 39.9 Å².